The first-order chi connectivity index (χ1) is 6.29. The first-order valence-electron chi connectivity index (χ1n) is 3.79. The van der Waals surface area contributed by atoms with Crippen LogP contribution in [0.5, 0.6) is 0 Å². The molecule has 0 saturated carbocycles. The molecule has 0 saturated heterocycles. The summed E-state index contributed by atoms with van der Waals surface area (Å²) < 4.78 is 3.54. The molecule has 0 aromatic carbocycles. The Kier molecular flexibility index (Phi) is 2.88. The van der Waals surface area contributed by atoms with Gasteiger partial charge in [0.1, 0.15) is 0 Å². The van der Waals surface area contributed by atoms with Crippen LogP contribution in [0.2, 0.25) is 0 Å². The van der Waals surface area contributed by atoms with Gasteiger partial charge in [-0.1, -0.05) is 5.92 Å². The molecule has 0 amide bonds. The summed E-state index contributed by atoms with van der Waals surface area (Å²) in [7, 11) is 1.82. The highest BCUT2D eigenvalue weighted by molar-refractivity contribution is 4.96. The van der Waals surface area contributed by atoms with Gasteiger partial charge in [0.15, 0.2) is 0 Å². The van der Waals surface area contributed by atoms with Crippen molar-refractivity contribution in [1.29, 1.82) is 5.39 Å². The summed E-state index contributed by atoms with van der Waals surface area (Å²) in [6.45, 7) is 2.32. The number of rotatable bonds is 1. The Hall–Kier alpha value is -2.01. The fraction of sp³-hybridized carbons (Fsp3) is 0.375. The number of imidazole rings is 1. The van der Waals surface area contributed by atoms with Crippen molar-refractivity contribution in [2.75, 3.05) is 0 Å². The van der Waals surface area contributed by atoms with E-state index in [9.17, 15) is 0 Å². The lowest BCUT2D eigenvalue weighted by atomic mass is 10.6. The van der Waals surface area contributed by atoms with Crippen LogP contribution in [0.1, 0.15) is 6.92 Å². The van der Waals surface area contributed by atoms with Crippen LogP contribution in [-0.4, -0.2) is 9.13 Å². The van der Waals surface area contributed by atoms with E-state index in [2.05, 4.69) is 22.0 Å². The van der Waals surface area contributed by atoms with Gasteiger partial charge < -0.3 is 4.57 Å². The van der Waals surface area contributed by atoms with E-state index in [1.54, 1.807) is 16.1 Å². The van der Waals surface area contributed by atoms with Crippen molar-refractivity contribution in [2.45, 2.75) is 13.5 Å². The molecule has 0 atom stereocenters. The van der Waals surface area contributed by atoms with Gasteiger partial charge in [-0.15, -0.1) is 5.92 Å². The second kappa shape index (κ2) is 4.13. The SMILES string of the molecule is CC#CCn1ccn(C)c1=N[N+]#N. The number of hydrogen-bond acceptors (Lipinski definition) is 2. The Morgan fingerprint density at radius 2 is 2.38 bits per heavy atom. The summed E-state index contributed by atoms with van der Waals surface area (Å²) in [5.41, 5.74) is 0.560. The van der Waals surface area contributed by atoms with E-state index >= 15 is 0 Å². The third-order valence-electron chi connectivity index (χ3n) is 1.60. The summed E-state index contributed by atoms with van der Waals surface area (Å²) in [5, 5.41) is 14.6. The molecule has 0 bridgehead atoms. The molecular weight excluding hydrogens is 166 g/mol. The highest BCUT2D eigenvalue weighted by Crippen LogP contribution is 1.82. The topological polar surface area (TPSA) is 50.4 Å². The summed E-state index contributed by atoms with van der Waals surface area (Å²) in [6.07, 6.45) is 3.65. The molecule has 5 nitrogen and oxygen atoms in total. The molecule has 0 N–H and O–H groups in total. The second-order valence-corrected chi connectivity index (χ2v) is 2.45. The second-order valence-electron chi connectivity index (χ2n) is 2.45. The quantitative estimate of drug-likeness (QED) is 0.349. The Labute approximate surface area is 75.9 Å². The van der Waals surface area contributed by atoms with Crippen molar-refractivity contribution in [2.24, 2.45) is 12.1 Å². The van der Waals surface area contributed by atoms with Gasteiger partial charge in [-0.05, 0) is 6.92 Å². The Balaban J connectivity index is 3.15. The number of nitrogens with zero attached hydrogens (tertiary/aromatic N) is 5. The zero-order valence-corrected chi connectivity index (χ0v) is 7.60. The predicted octanol–water partition coefficient (Wildman–Crippen LogP) is 0.519. The molecule has 0 spiro atoms. The summed E-state index contributed by atoms with van der Waals surface area (Å²) in [6, 6.07) is 0. The average Bonchev–Trinajstić information content (AvgIpc) is 2.46. The van der Waals surface area contributed by atoms with E-state index in [4.69, 9.17) is 5.39 Å². The van der Waals surface area contributed by atoms with Crippen LogP contribution in [-0.2, 0) is 13.6 Å². The maximum absolute atomic E-state index is 8.31. The van der Waals surface area contributed by atoms with E-state index in [0.717, 1.165) is 0 Å². The van der Waals surface area contributed by atoms with Gasteiger partial charge in [0.25, 0.3) is 11.0 Å². The highest BCUT2D eigenvalue weighted by Gasteiger charge is 2.00. The number of aromatic nitrogens is 2. The molecular formula is C8H10N5+. The smallest absolute Gasteiger partial charge is 0.314 e. The first-order valence-corrected chi connectivity index (χ1v) is 3.79. The largest absolute Gasteiger partial charge is 0.342 e. The third-order valence-corrected chi connectivity index (χ3v) is 1.60. The van der Waals surface area contributed by atoms with Crippen molar-refractivity contribution >= 4 is 0 Å². The lowest BCUT2D eigenvalue weighted by molar-refractivity contribution is 0.711. The zero-order chi connectivity index (χ0) is 9.68. The molecule has 1 heterocycles. The third kappa shape index (κ3) is 1.97. The molecule has 0 fully saturated rings. The van der Waals surface area contributed by atoms with Gasteiger partial charge >= 0.3 is 5.08 Å². The van der Waals surface area contributed by atoms with Gasteiger partial charge in [-0.25, -0.2) is 0 Å². The molecule has 1 aromatic rings. The standard InChI is InChI=1S/C8H10N5/c1-3-4-5-13-7-6-12(2)8(13)10-11-9/h6-7H,5H2,1-2H3/q+1. The van der Waals surface area contributed by atoms with E-state index in [1.807, 2.05) is 19.4 Å². The van der Waals surface area contributed by atoms with Crippen molar-refractivity contribution in [3.63, 3.8) is 0 Å². The van der Waals surface area contributed by atoms with Crippen LogP contribution in [0.25, 0.3) is 5.08 Å². The summed E-state index contributed by atoms with van der Waals surface area (Å²) in [5.74, 6) is 5.67. The fourth-order valence-corrected chi connectivity index (χ4v) is 0.972. The number of aryl methyl sites for hydroxylation is 1. The van der Waals surface area contributed by atoms with Gasteiger partial charge in [0, 0.05) is 19.4 Å². The Morgan fingerprint density at radius 1 is 1.62 bits per heavy atom. The van der Waals surface area contributed by atoms with Crippen molar-refractivity contribution in [3.05, 3.63) is 23.1 Å². The first kappa shape index (κ1) is 9.08. The minimum absolute atomic E-state index is 0.547. The van der Waals surface area contributed by atoms with Crippen LogP contribution in [0.15, 0.2) is 17.5 Å². The fourth-order valence-electron chi connectivity index (χ4n) is 0.972. The van der Waals surface area contributed by atoms with Crippen molar-refractivity contribution in [1.82, 2.24) is 9.13 Å². The van der Waals surface area contributed by atoms with E-state index in [0.29, 0.717) is 12.2 Å². The molecule has 5 heteroatoms. The van der Waals surface area contributed by atoms with Crippen LogP contribution < -0.4 is 5.62 Å². The monoisotopic (exact) mass is 176 g/mol. The van der Waals surface area contributed by atoms with Crippen LogP contribution >= 0.6 is 0 Å². The van der Waals surface area contributed by atoms with Crippen molar-refractivity contribution in [3.8, 4) is 11.8 Å². The number of hydrogen-bond donors (Lipinski definition) is 0. The van der Waals surface area contributed by atoms with Gasteiger partial charge in [0.2, 0.25) is 5.10 Å². The maximum atomic E-state index is 8.31. The van der Waals surface area contributed by atoms with E-state index in [1.165, 1.54) is 0 Å². The van der Waals surface area contributed by atoms with Crippen LogP contribution in [0.4, 0.5) is 0 Å². The molecule has 0 radical (unpaired) electrons. The summed E-state index contributed by atoms with van der Waals surface area (Å²) >= 11 is 0. The molecule has 0 aliphatic carbocycles. The van der Waals surface area contributed by atoms with Gasteiger partial charge in [0.05, 0.1) is 6.54 Å². The molecule has 66 valence electrons. The lowest BCUT2D eigenvalue weighted by Crippen LogP contribution is -2.22. The summed E-state index contributed by atoms with van der Waals surface area (Å²) in [4.78, 5) is 0. The zero-order valence-electron chi connectivity index (χ0n) is 7.60. The normalized spacial score (nSPS) is 10.4. The lowest BCUT2D eigenvalue weighted by Gasteiger charge is -1.91. The number of diazo groups is 1. The Bertz CT molecular complexity index is 445. The van der Waals surface area contributed by atoms with Crippen LogP contribution in [0.3, 0.4) is 0 Å². The highest BCUT2D eigenvalue weighted by atomic mass is 15.3. The van der Waals surface area contributed by atoms with Gasteiger partial charge in [-0.3, -0.25) is 4.57 Å². The molecule has 1 aromatic heterocycles. The maximum Gasteiger partial charge on any atom is 0.342 e. The average molecular weight is 176 g/mol. The molecule has 0 unspecified atom stereocenters. The predicted molar refractivity (Wildman–Crippen MR) is 47.5 cm³/mol. The van der Waals surface area contributed by atoms with Crippen molar-refractivity contribution < 1.29 is 0 Å². The molecule has 1 rings (SSSR count). The molecule has 13 heavy (non-hydrogen) atoms. The van der Waals surface area contributed by atoms with E-state index < -0.39 is 0 Å². The van der Waals surface area contributed by atoms with Gasteiger partial charge in [-0.2, -0.15) is 0 Å². The minimum atomic E-state index is 0.547. The molecule has 0 aliphatic rings. The molecule has 0 aliphatic heterocycles. The minimum Gasteiger partial charge on any atom is -0.314 e. The van der Waals surface area contributed by atoms with Crippen LogP contribution in [0, 0.1) is 17.2 Å². The van der Waals surface area contributed by atoms with E-state index in [-0.39, 0.29) is 0 Å². The Morgan fingerprint density at radius 3 is 3.00 bits per heavy atom.